The van der Waals surface area contributed by atoms with Crippen molar-refractivity contribution in [3.05, 3.63) is 0 Å². The minimum Gasteiger partial charge on any atom is -0.309 e. The van der Waals surface area contributed by atoms with E-state index < -0.39 is 0 Å². The van der Waals surface area contributed by atoms with E-state index in [1.54, 1.807) is 0 Å². The van der Waals surface area contributed by atoms with Gasteiger partial charge in [0.25, 0.3) is 0 Å². The first-order chi connectivity index (χ1) is 7.49. The fourth-order valence-corrected chi connectivity index (χ4v) is 3.53. The van der Waals surface area contributed by atoms with Gasteiger partial charge in [-0.1, -0.05) is 26.7 Å². The van der Waals surface area contributed by atoms with Crippen LogP contribution in [0.1, 0.15) is 47.0 Å². The first-order valence-corrected chi connectivity index (χ1v) is 6.99. The lowest BCUT2D eigenvalue weighted by Crippen LogP contribution is -2.61. The van der Waals surface area contributed by atoms with Gasteiger partial charge < -0.3 is 5.32 Å². The number of piperazine rings is 1. The lowest BCUT2D eigenvalue weighted by molar-refractivity contribution is 0.0404. The monoisotopic (exact) mass is 224 g/mol. The molecule has 16 heavy (non-hydrogen) atoms. The van der Waals surface area contributed by atoms with E-state index in [9.17, 15) is 0 Å². The van der Waals surface area contributed by atoms with Crippen molar-refractivity contribution in [3.8, 4) is 0 Å². The van der Waals surface area contributed by atoms with Gasteiger partial charge in [0.1, 0.15) is 0 Å². The molecular weight excluding hydrogens is 196 g/mol. The van der Waals surface area contributed by atoms with Crippen LogP contribution in [0.3, 0.4) is 0 Å². The summed E-state index contributed by atoms with van der Waals surface area (Å²) in [6.45, 7) is 13.2. The highest BCUT2D eigenvalue weighted by Gasteiger charge is 2.35. The highest BCUT2D eigenvalue weighted by atomic mass is 15.2. The standard InChI is InChI=1S/C14H28N2/c1-11-6-5-7-13(12(11)2)16-9-8-15-14(3,4)10-16/h11-13,15H,5-10H2,1-4H3. The van der Waals surface area contributed by atoms with E-state index in [1.165, 1.54) is 32.4 Å². The summed E-state index contributed by atoms with van der Waals surface area (Å²) in [7, 11) is 0. The molecule has 0 aromatic rings. The van der Waals surface area contributed by atoms with Gasteiger partial charge in [0.05, 0.1) is 0 Å². The van der Waals surface area contributed by atoms with Crippen LogP contribution >= 0.6 is 0 Å². The highest BCUT2D eigenvalue weighted by Crippen LogP contribution is 2.33. The summed E-state index contributed by atoms with van der Waals surface area (Å²) in [6.07, 6.45) is 4.29. The van der Waals surface area contributed by atoms with Crippen LogP contribution in [0.25, 0.3) is 0 Å². The van der Waals surface area contributed by atoms with Gasteiger partial charge in [-0.25, -0.2) is 0 Å². The van der Waals surface area contributed by atoms with E-state index >= 15 is 0 Å². The molecule has 0 spiro atoms. The van der Waals surface area contributed by atoms with Crippen molar-refractivity contribution in [1.82, 2.24) is 10.2 Å². The number of hydrogen-bond donors (Lipinski definition) is 1. The Kier molecular flexibility index (Phi) is 3.60. The molecule has 1 aliphatic heterocycles. The molecule has 0 radical (unpaired) electrons. The van der Waals surface area contributed by atoms with Crippen molar-refractivity contribution in [3.63, 3.8) is 0 Å². The Morgan fingerprint density at radius 1 is 1.19 bits per heavy atom. The highest BCUT2D eigenvalue weighted by molar-refractivity contribution is 4.93. The molecule has 94 valence electrons. The molecule has 0 aromatic carbocycles. The van der Waals surface area contributed by atoms with Crippen molar-refractivity contribution in [2.24, 2.45) is 11.8 Å². The van der Waals surface area contributed by atoms with Crippen molar-refractivity contribution in [2.75, 3.05) is 19.6 Å². The van der Waals surface area contributed by atoms with Gasteiger partial charge in [-0.15, -0.1) is 0 Å². The molecule has 2 nitrogen and oxygen atoms in total. The summed E-state index contributed by atoms with van der Waals surface area (Å²) in [5.74, 6) is 1.79. The van der Waals surface area contributed by atoms with Crippen LogP contribution in [0.5, 0.6) is 0 Å². The summed E-state index contributed by atoms with van der Waals surface area (Å²) in [4.78, 5) is 2.75. The molecule has 0 aromatic heterocycles. The summed E-state index contributed by atoms with van der Waals surface area (Å²) in [5, 5.41) is 3.61. The Morgan fingerprint density at radius 3 is 2.62 bits per heavy atom. The van der Waals surface area contributed by atoms with Gasteiger partial charge in [0.2, 0.25) is 0 Å². The van der Waals surface area contributed by atoms with Crippen molar-refractivity contribution < 1.29 is 0 Å². The zero-order chi connectivity index (χ0) is 11.8. The Hall–Kier alpha value is -0.0800. The Bertz CT molecular complexity index is 237. The Balaban J connectivity index is 2.00. The number of rotatable bonds is 1. The number of nitrogens with one attached hydrogen (secondary N) is 1. The van der Waals surface area contributed by atoms with E-state index in [-0.39, 0.29) is 0 Å². The smallest absolute Gasteiger partial charge is 0.0252 e. The molecule has 1 heterocycles. The maximum Gasteiger partial charge on any atom is 0.0252 e. The largest absolute Gasteiger partial charge is 0.309 e. The summed E-state index contributed by atoms with van der Waals surface area (Å²) < 4.78 is 0. The van der Waals surface area contributed by atoms with Gasteiger partial charge in [-0.2, -0.15) is 0 Å². The molecule has 1 saturated carbocycles. The van der Waals surface area contributed by atoms with Gasteiger partial charge in [0.15, 0.2) is 0 Å². The fourth-order valence-electron chi connectivity index (χ4n) is 3.53. The lowest BCUT2D eigenvalue weighted by atomic mass is 9.76. The second-order valence-electron chi connectivity index (χ2n) is 6.62. The van der Waals surface area contributed by atoms with Crippen LogP contribution in [0.15, 0.2) is 0 Å². The van der Waals surface area contributed by atoms with E-state index in [2.05, 4.69) is 37.9 Å². The minimum atomic E-state index is 0.304. The van der Waals surface area contributed by atoms with Crippen LogP contribution in [0, 0.1) is 11.8 Å². The summed E-state index contributed by atoms with van der Waals surface area (Å²) >= 11 is 0. The number of hydrogen-bond acceptors (Lipinski definition) is 2. The molecular formula is C14H28N2. The first kappa shape index (κ1) is 12.4. The maximum absolute atomic E-state index is 3.61. The molecule has 2 fully saturated rings. The average Bonchev–Trinajstić information content (AvgIpc) is 2.20. The third kappa shape index (κ3) is 2.60. The zero-order valence-electron chi connectivity index (χ0n) is 11.4. The predicted molar refractivity (Wildman–Crippen MR) is 69.6 cm³/mol. The van der Waals surface area contributed by atoms with Gasteiger partial charge in [-0.3, -0.25) is 4.90 Å². The molecule has 3 unspecified atom stereocenters. The fraction of sp³-hybridized carbons (Fsp3) is 1.00. The average molecular weight is 224 g/mol. The SMILES string of the molecule is CC1CCCC(N2CCNC(C)(C)C2)C1C. The molecule has 2 aliphatic rings. The minimum absolute atomic E-state index is 0.304. The van der Waals surface area contributed by atoms with Crippen molar-refractivity contribution in [2.45, 2.75) is 58.5 Å². The predicted octanol–water partition coefficient (Wildman–Crippen LogP) is 2.49. The Labute approximate surface area is 101 Å². The van der Waals surface area contributed by atoms with Crippen molar-refractivity contribution in [1.29, 1.82) is 0 Å². The third-order valence-electron chi connectivity index (χ3n) is 4.73. The van der Waals surface area contributed by atoms with E-state index in [4.69, 9.17) is 0 Å². The molecule has 2 heteroatoms. The van der Waals surface area contributed by atoms with E-state index in [0.717, 1.165) is 24.4 Å². The summed E-state index contributed by atoms with van der Waals surface area (Å²) in [6, 6.07) is 0.838. The first-order valence-electron chi connectivity index (χ1n) is 6.99. The van der Waals surface area contributed by atoms with Crippen LogP contribution in [-0.4, -0.2) is 36.1 Å². The molecule has 0 amide bonds. The lowest BCUT2D eigenvalue weighted by Gasteiger charge is -2.47. The van der Waals surface area contributed by atoms with Crippen LogP contribution < -0.4 is 5.32 Å². The second-order valence-corrected chi connectivity index (χ2v) is 6.62. The van der Waals surface area contributed by atoms with Crippen LogP contribution in [0.4, 0.5) is 0 Å². The molecule has 1 aliphatic carbocycles. The molecule has 3 atom stereocenters. The molecule has 0 bridgehead atoms. The van der Waals surface area contributed by atoms with E-state index in [1.807, 2.05) is 0 Å². The number of nitrogens with zero attached hydrogens (tertiary/aromatic N) is 1. The second kappa shape index (κ2) is 4.66. The molecule has 1 saturated heterocycles. The quantitative estimate of drug-likeness (QED) is 0.736. The molecule has 1 N–H and O–H groups in total. The normalized spacial score (nSPS) is 40.9. The third-order valence-corrected chi connectivity index (χ3v) is 4.73. The zero-order valence-corrected chi connectivity index (χ0v) is 11.4. The summed E-state index contributed by atoms with van der Waals surface area (Å²) in [5.41, 5.74) is 0.304. The van der Waals surface area contributed by atoms with Gasteiger partial charge >= 0.3 is 0 Å². The van der Waals surface area contributed by atoms with Gasteiger partial charge in [-0.05, 0) is 32.1 Å². The molecule has 2 rings (SSSR count). The van der Waals surface area contributed by atoms with Gasteiger partial charge in [0, 0.05) is 31.2 Å². The Morgan fingerprint density at radius 2 is 1.94 bits per heavy atom. The topological polar surface area (TPSA) is 15.3 Å². The maximum atomic E-state index is 3.61. The van der Waals surface area contributed by atoms with Crippen LogP contribution in [0.2, 0.25) is 0 Å². The van der Waals surface area contributed by atoms with E-state index in [0.29, 0.717) is 5.54 Å². The van der Waals surface area contributed by atoms with Crippen LogP contribution in [-0.2, 0) is 0 Å². The van der Waals surface area contributed by atoms with Crippen molar-refractivity contribution >= 4 is 0 Å².